The van der Waals surface area contributed by atoms with Crippen molar-refractivity contribution >= 4 is 23.3 Å². The van der Waals surface area contributed by atoms with Crippen LogP contribution >= 0.6 is 0 Å². The molecule has 0 saturated heterocycles. The zero-order chi connectivity index (χ0) is 18.8. The topological polar surface area (TPSA) is 103 Å². The molecule has 26 heavy (non-hydrogen) atoms. The molecule has 2 heterocycles. The first kappa shape index (κ1) is 17.3. The van der Waals surface area contributed by atoms with Crippen molar-refractivity contribution in [2.24, 2.45) is 19.2 Å². The third-order valence-corrected chi connectivity index (χ3v) is 3.83. The number of nitrogens with zero attached hydrogens (tertiary/aromatic N) is 5. The number of fused-ring (bicyclic) bond motifs is 1. The molecule has 0 radical (unpaired) electrons. The van der Waals surface area contributed by atoms with Crippen LogP contribution in [0.2, 0.25) is 0 Å². The number of aromatic nitrogens is 4. The van der Waals surface area contributed by atoms with E-state index in [0.29, 0.717) is 0 Å². The van der Waals surface area contributed by atoms with Gasteiger partial charge in [0.1, 0.15) is 12.4 Å². The first-order valence-corrected chi connectivity index (χ1v) is 7.57. The molecule has 0 saturated carbocycles. The average Bonchev–Trinajstić information content (AvgIpc) is 3.03. The Labute approximate surface area is 146 Å². The zero-order valence-electron chi connectivity index (χ0n) is 14.0. The van der Waals surface area contributed by atoms with Gasteiger partial charge in [0.2, 0.25) is 0 Å². The van der Waals surface area contributed by atoms with Crippen LogP contribution in [0.3, 0.4) is 0 Å². The molecule has 1 aromatic carbocycles. The highest BCUT2D eigenvalue weighted by Gasteiger charge is 2.15. The maximum absolute atomic E-state index is 13.5. The molecule has 0 spiro atoms. The lowest BCUT2D eigenvalue weighted by Gasteiger charge is -2.06. The quantitative estimate of drug-likeness (QED) is 0.512. The molecule has 134 valence electrons. The number of aryl methyl sites for hydroxylation is 1. The Morgan fingerprint density at radius 1 is 1.27 bits per heavy atom. The maximum atomic E-state index is 13.5. The number of amides is 1. The summed E-state index contributed by atoms with van der Waals surface area (Å²) in [5.74, 6) is -0.997. The summed E-state index contributed by atoms with van der Waals surface area (Å²) >= 11 is 0. The summed E-state index contributed by atoms with van der Waals surface area (Å²) in [6.45, 7) is -0.238. The van der Waals surface area contributed by atoms with E-state index >= 15 is 0 Å². The van der Waals surface area contributed by atoms with Gasteiger partial charge in [-0.05, 0) is 6.07 Å². The molecule has 10 heteroatoms. The van der Waals surface area contributed by atoms with Crippen molar-refractivity contribution in [2.75, 3.05) is 0 Å². The van der Waals surface area contributed by atoms with Gasteiger partial charge < -0.3 is 4.57 Å². The molecular formula is C16H15FN6O3. The van der Waals surface area contributed by atoms with E-state index in [1.54, 1.807) is 12.1 Å². The number of imidazole rings is 1. The Morgan fingerprint density at radius 2 is 2.00 bits per heavy atom. The predicted octanol–water partition coefficient (Wildman–Crippen LogP) is -0.277. The van der Waals surface area contributed by atoms with Gasteiger partial charge in [-0.1, -0.05) is 18.2 Å². The molecule has 3 rings (SSSR count). The monoisotopic (exact) mass is 358 g/mol. The highest BCUT2D eigenvalue weighted by atomic mass is 19.1. The van der Waals surface area contributed by atoms with Gasteiger partial charge in [-0.3, -0.25) is 18.7 Å². The summed E-state index contributed by atoms with van der Waals surface area (Å²) in [6.07, 6.45) is 2.48. The molecule has 3 aromatic rings. The highest BCUT2D eigenvalue weighted by molar-refractivity contribution is 5.83. The fraction of sp³-hybridized carbons (Fsp3) is 0.188. The molecule has 9 nitrogen and oxygen atoms in total. The summed E-state index contributed by atoms with van der Waals surface area (Å²) in [5.41, 5.74) is 1.73. The normalized spacial score (nSPS) is 11.3. The van der Waals surface area contributed by atoms with Crippen LogP contribution in [0.5, 0.6) is 0 Å². The van der Waals surface area contributed by atoms with E-state index in [9.17, 15) is 18.8 Å². The summed E-state index contributed by atoms with van der Waals surface area (Å²) in [7, 11) is 2.83. The van der Waals surface area contributed by atoms with Crippen molar-refractivity contribution < 1.29 is 9.18 Å². The second-order valence-corrected chi connectivity index (χ2v) is 5.57. The molecule has 0 unspecified atom stereocenters. The Bertz CT molecular complexity index is 1140. The standard InChI is InChI=1S/C16H15FN6O3/c1-21-14-13(15(25)22(2)16(21)26)23(9-18-14)8-12(24)20-19-7-10-5-3-4-6-11(10)17/h3-7,9H,8H2,1-2H3,(H,20,24)/b19-7-. The largest absolute Gasteiger partial charge is 0.332 e. The van der Waals surface area contributed by atoms with Crippen LogP contribution in [-0.2, 0) is 25.4 Å². The fourth-order valence-electron chi connectivity index (χ4n) is 2.46. The fourth-order valence-corrected chi connectivity index (χ4v) is 2.46. The molecule has 1 amide bonds. The van der Waals surface area contributed by atoms with E-state index in [2.05, 4.69) is 15.5 Å². The molecule has 0 aliphatic carbocycles. The minimum atomic E-state index is -0.553. The molecule has 1 N–H and O–H groups in total. The Hall–Kier alpha value is -3.56. The third-order valence-electron chi connectivity index (χ3n) is 3.83. The van der Waals surface area contributed by atoms with E-state index in [0.717, 1.165) is 4.57 Å². The number of nitrogens with one attached hydrogen (secondary N) is 1. The minimum Gasteiger partial charge on any atom is -0.315 e. The lowest BCUT2D eigenvalue weighted by molar-refractivity contribution is -0.121. The van der Waals surface area contributed by atoms with Crippen molar-refractivity contribution in [1.29, 1.82) is 0 Å². The van der Waals surface area contributed by atoms with Gasteiger partial charge in [-0.25, -0.2) is 19.6 Å². The van der Waals surface area contributed by atoms with Crippen LogP contribution in [0.1, 0.15) is 5.56 Å². The van der Waals surface area contributed by atoms with Crippen LogP contribution < -0.4 is 16.7 Å². The van der Waals surface area contributed by atoms with Gasteiger partial charge in [0.15, 0.2) is 11.2 Å². The van der Waals surface area contributed by atoms with Crippen LogP contribution in [0, 0.1) is 5.82 Å². The number of carbonyl (C=O) groups excluding carboxylic acids is 1. The smallest absolute Gasteiger partial charge is 0.315 e. The van der Waals surface area contributed by atoms with Crippen LogP contribution in [-0.4, -0.2) is 30.8 Å². The molecular weight excluding hydrogens is 343 g/mol. The lowest BCUT2D eigenvalue weighted by atomic mass is 10.2. The Kier molecular flexibility index (Phi) is 4.48. The van der Waals surface area contributed by atoms with Crippen molar-refractivity contribution in [3.8, 4) is 0 Å². The predicted molar refractivity (Wildman–Crippen MR) is 92.4 cm³/mol. The first-order chi connectivity index (χ1) is 12.4. The summed E-state index contributed by atoms with van der Waals surface area (Å²) in [4.78, 5) is 40.2. The van der Waals surface area contributed by atoms with Gasteiger partial charge in [0, 0.05) is 19.7 Å². The average molecular weight is 358 g/mol. The molecule has 0 atom stereocenters. The molecule has 0 bridgehead atoms. The van der Waals surface area contributed by atoms with Gasteiger partial charge in [-0.2, -0.15) is 5.10 Å². The second kappa shape index (κ2) is 6.75. The number of halogens is 1. The Morgan fingerprint density at radius 3 is 2.73 bits per heavy atom. The van der Waals surface area contributed by atoms with E-state index in [4.69, 9.17) is 0 Å². The van der Waals surface area contributed by atoms with Crippen molar-refractivity contribution in [2.45, 2.75) is 6.54 Å². The minimum absolute atomic E-state index is 0.128. The van der Waals surface area contributed by atoms with E-state index in [-0.39, 0.29) is 23.3 Å². The van der Waals surface area contributed by atoms with Gasteiger partial charge in [-0.15, -0.1) is 0 Å². The van der Waals surface area contributed by atoms with Crippen molar-refractivity contribution in [3.63, 3.8) is 0 Å². The van der Waals surface area contributed by atoms with E-state index in [1.165, 1.54) is 47.9 Å². The molecule has 0 aliphatic heterocycles. The second-order valence-electron chi connectivity index (χ2n) is 5.57. The summed E-state index contributed by atoms with van der Waals surface area (Å²) in [5, 5.41) is 3.70. The van der Waals surface area contributed by atoms with E-state index in [1.807, 2.05) is 0 Å². The first-order valence-electron chi connectivity index (χ1n) is 7.57. The SMILES string of the molecule is Cn1c(=O)c2c(ncn2CC(=O)N/N=C\c2ccccc2F)n(C)c1=O. The number of hydrogen-bond acceptors (Lipinski definition) is 5. The number of rotatable bonds is 4. The van der Waals surface area contributed by atoms with Crippen molar-refractivity contribution in [1.82, 2.24) is 24.1 Å². The summed E-state index contributed by atoms with van der Waals surface area (Å²) < 4.78 is 17.0. The zero-order valence-corrected chi connectivity index (χ0v) is 14.0. The van der Waals surface area contributed by atoms with Gasteiger partial charge in [0.25, 0.3) is 11.5 Å². The molecule has 0 aliphatic rings. The maximum Gasteiger partial charge on any atom is 0.332 e. The van der Waals surface area contributed by atoms with Crippen molar-refractivity contribution in [3.05, 3.63) is 62.8 Å². The molecule has 2 aromatic heterocycles. The van der Waals surface area contributed by atoms with Crippen LogP contribution in [0.4, 0.5) is 4.39 Å². The summed E-state index contributed by atoms with van der Waals surface area (Å²) in [6, 6.07) is 5.98. The highest BCUT2D eigenvalue weighted by Crippen LogP contribution is 2.05. The Balaban J connectivity index is 1.81. The number of hydrogen-bond donors (Lipinski definition) is 1. The number of benzene rings is 1. The van der Waals surface area contributed by atoms with Crippen LogP contribution in [0.25, 0.3) is 11.2 Å². The van der Waals surface area contributed by atoms with E-state index < -0.39 is 23.0 Å². The number of carbonyl (C=O) groups is 1. The van der Waals surface area contributed by atoms with Gasteiger partial charge in [0.05, 0.1) is 12.5 Å². The number of hydrazone groups is 1. The third kappa shape index (κ3) is 3.04. The molecule has 0 fully saturated rings. The lowest BCUT2D eigenvalue weighted by Crippen LogP contribution is -2.38. The van der Waals surface area contributed by atoms with Gasteiger partial charge >= 0.3 is 5.69 Å². The van der Waals surface area contributed by atoms with Crippen LogP contribution in [0.15, 0.2) is 45.3 Å².